The van der Waals surface area contributed by atoms with Crippen LogP contribution in [0.2, 0.25) is 0 Å². The van der Waals surface area contributed by atoms with Crippen molar-refractivity contribution >= 4 is 24.6 Å². The Balaban J connectivity index is -0.000000240. The van der Waals surface area contributed by atoms with Crippen LogP contribution in [-0.4, -0.2) is 45.7 Å². The van der Waals surface area contributed by atoms with E-state index in [9.17, 15) is 4.79 Å². The number of carbonyl (C=O) groups is 1. The van der Waals surface area contributed by atoms with E-state index in [1.807, 2.05) is 82.5 Å². The second-order valence-electron chi connectivity index (χ2n) is 14.3. The van der Waals surface area contributed by atoms with Gasteiger partial charge in [0.25, 0.3) is 0 Å². The first-order chi connectivity index (χ1) is 27.9. The first-order valence-corrected chi connectivity index (χ1v) is 21.9. The quantitative estimate of drug-likeness (QED) is 0.0648. The highest BCUT2D eigenvalue weighted by Crippen LogP contribution is 2.56. The first-order valence-electron chi connectivity index (χ1n) is 21.4. The minimum Gasteiger partial charge on any atom is -0.384 e. The van der Waals surface area contributed by atoms with Crippen LogP contribution in [0.4, 0.5) is 0 Å². The van der Waals surface area contributed by atoms with E-state index in [0.717, 1.165) is 80.9 Å². The summed E-state index contributed by atoms with van der Waals surface area (Å²) in [6.07, 6.45) is 19.4. The molecule has 336 valence electrons. The Hall–Kier alpha value is -3.90. The van der Waals surface area contributed by atoms with Crippen LogP contribution in [0.15, 0.2) is 125 Å². The fourth-order valence-corrected chi connectivity index (χ4v) is 5.67. The summed E-state index contributed by atoms with van der Waals surface area (Å²) in [4.78, 5) is 16.6. The van der Waals surface area contributed by atoms with Crippen LogP contribution < -0.4 is 21.7 Å². The van der Waals surface area contributed by atoms with Crippen LogP contribution in [0.1, 0.15) is 135 Å². The number of nitrogens with two attached hydrogens (primary N) is 1. The molecule has 0 amide bonds. The molecular weight excluding hydrogens is 745 g/mol. The number of hydrogen-bond acceptors (Lipinski definition) is 8. The number of carbonyl (C=O) groups excluding carboxylic acids is 1. The van der Waals surface area contributed by atoms with Gasteiger partial charge in [-0.1, -0.05) is 105 Å². The molecule has 5 aliphatic rings. The van der Waals surface area contributed by atoms with E-state index >= 15 is 0 Å². The van der Waals surface area contributed by atoms with Crippen molar-refractivity contribution in [3.8, 4) is 6.07 Å². The number of nitrogens with zero attached hydrogens (tertiary/aromatic N) is 2. The smallest absolute Gasteiger partial charge is 0.238 e. The maximum Gasteiger partial charge on any atom is 0.238 e. The van der Waals surface area contributed by atoms with Gasteiger partial charge in [-0.15, -0.1) is 25.8 Å². The van der Waals surface area contributed by atoms with Crippen molar-refractivity contribution in [2.45, 2.75) is 135 Å². The number of fused-ring (bicyclic) bond motifs is 3. The Morgan fingerprint density at radius 3 is 1.78 bits per heavy atom. The molecule has 0 spiro atoms. The van der Waals surface area contributed by atoms with Gasteiger partial charge in [0.05, 0.1) is 0 Å². The van der Waals surface area contributed by atoms with Crippen molar-refractivity contribution in [3.05, 3.63) is 120 Å². The lowest BCUT2D eigenvalue weighted by Gasteiger charge is -2.51. The minimum absolute atomic E-state index is 0.192. The summed E-state index contributed by atoms with van der Waals surface area (Å²) in [5.74, 6) is 0.256. The van der Waals surface area contributed by atoms with Crippen molar-refractivity contribution in [1.82, 2.24) is 16.0 Å². The van der Waals surface area contributed by atoms with Crippen LogP contribution >= 0.6 is 12.6 Å². The number of Topliss-reactive ketones (excluding diaryl/α,β-unsaturated/α-hetero) is 1. The molecule has 59 heavy (non-hydrogen) atoms. The number of nitriles is 1. The third-order valence-electron chi connectivity index (χ3n) is 9.46. The summed E-state index contributed by atoms with van der Waals surface area (Å²) in [5, 5.41) is 18.3. The topological polar surface area (TPSA) is 115 Å². The van der Waals surface area contributed by atoms with Crippen molar-refractivity contribution in [1.29, 1.82) is 5.26 Å². The monoisotopic (exact) mass is 835 g/mol. The fraction of sp³-hybridized carbons (Fsp3) is 0.549. The summed E-state index contributed by atoms with van der Waals surface area (Å²) in [7, 11) is 3.75. The van der Waals surface area contributed by atoms with Gasteiger partial charge < -0.3 is 21.7 Å². The zero-order chi connectivity index (χ0) is 47.2. The van der Waals surface area contributed by atoms with Gasteiger partial charge in [-0.25, -0.2) is 0 Å². The third kappa shape index (κ3) is 29.0. The lowest BCUT2D eigenvalue weighted by molar-refractivity contribution is -0.131. The summed E-state index contributed by atoms with van der Waals surface area (Å²) >= 11 is 3.77. The lowest BCUT2D eigenvalue weighted by atomic mass is 9.52. The first kappa shape index (κ1) is 64.2. The predicted octanol–water partition coefficient (Wildman–Crippen LogP) is 13.1. The molecule has 0 heterocycles. The molecule has 5 aliphatic carbocycles. The summed E-state index contributed by atoms with van der Waals surface area (Å²) in [6.45, 7) is 49.7. The average molecular weight is 835 g/mol. The number of allylic oxidation sites excluding steroid dienone is 10. The molecule has 0 aromatic heterocycles. The average Bonchev–Trinajstić information content (AvgIpc) is 3.44. The maximum atomic E-state index is 11.5. The highest BCUT2D eigenvalue weighted by molar-refractivity contribution is 7.84. The summed E-state index contributed by atoms with van der Waals surface area (Å²) < 4.78 is 0. The third-order valence-corrected chi connectivity index (χ3v) is 9.46. The second kappa shape index (κ2) is 39.6. The Labute approximate surface area is 371 Å². The molecule has 2 bridgehead atoms. The van der Waals surface area contributed by atoms with E-state index in [0.29, 0.717) is 11.3 Å². The van der Waals surface area contributed by atoms with Gasteiger partial charge in [0.15, 0.2) is 0 Å². The van der Waals surface area contributed by atoms with E-state index in [2.05, 4.69) is 131 Å². The number of rotatable bonds is 10. The molecule has 3 fully saturated rings. The number of hydrogen-bond donors (Lipinski definition) is 5. The van der Waals surface area contributed by atoms with Gasteiger partial charge >= 0.3 is 0 Å². The molecule has 5 N–H and O–H groups in total. The van der Waals surface area contributed by atoms with Gasteiger partial charge in [-0.05, 0) is 146 Å². The number of thiol groups is 1. The van der Waals surface area contributed by atoms with E-state index in [4.69, 9.17) is 11.0 Å². The molecule has 5 rings (SSSR count). The van der Waals surface area contributed by atoms with Gasteiger partial charge in [0.1, 0.15) is 6.07 Å². The maximum absolute atomic E-state index is 11.5. The van der Waals surface area contributed by atoms with Crippen molar-refractivity contribution in [2.24, 2.45) is 27.5 Å². The highest BCUT2D eigenvalue weighted by Gasteiger charge is 2.51. The molecule has 0 saturated heterocycles. The minimum atomic E-state index is -0.286. The van der Waals surface area contributed by atoms with Gasteiger partial charge in [0, 0.05) is 47.7 Å². The molecule has 0 radical (unpaired) electrons. The molecule has 1 unspecified atom stereocenters. The zero-order valence-corrected chi connectivity index (χ0v) is 41.6. The van der Waals surface area contributed by atoms with E-state index in [-0.39, 0.29) is 11.2 Å². The number of ketones is 1. The van der Waals surface area contributed by atoms with E-state index < -0.39 is 0 Å². The fourth-order valence-electron chi connectivity index (χ4n) is 5.67. The van der Waals surface area contributed by atoms with Crippen molar-refractivity contribution < 1.29 is 4.79 Å². The Kier molecular flexibility index (Phi) is 43.1. The lowest BCUT2D eigenvalue weighted by Crippen LogP contribution is -2.48. The van der Waals surface area contributed by atoms with E-state index in [1.54, 1.807) is 6.21 Å². The number of aliphatic imine (C=N–C) groups is 1. The molecular formula is C51H90N6OS. The summed E-state index contributed by atoms with van der Waals surface area (Å²) in [5.41, 5.74) is 15.2. The molecule has 8 heteroatoms. The zero-order valence-electron chi connectivity index (χ0n) is 40.7. The van der Waals surface area contributed by atoms with Gasteiger partial charge in [-0.3, -0.25) is 9.79 Å². The Morgan fingerprint density at radius 2 is 1.42 bits per heavy atom. The van der Waals surface area contributed by atoms with Crippen LogP contribution in [0.3, 0.4) is 0 Å². The molecule has 0 aliphatic heterocycles. The summed E-state index contributed by atoms with van der Waals surface area (Å²) in [6, 6.07) is 1.81. The van der Waals surface area contributed by atoms with Gasteiger partial charge in [0.2, 0.25) is 5.78 Å². The van der Waals surface area contributed by atoms with Crippen LogP contribution in [0.5, 0.6) is 0 Å². The molecule has 0 aromatic carbocycles. The SMILES string of the molecule is C=C.C=C(C)N=CC(=C)NCC1=CC(CNC2=CC(=C)C2C)=C(C)C=CC1.C=C(C)S.CC.CC.CC.CC=C(C)C.CNC.N#CC(=O)C12CCC(CN)(CC1)CC2. The van der Waals surface area contributed by atoms with Gasteiger partial charge in [-0.2, -0.15) is 5.26 Å². The molecule has 7 nitrogen and oxygen atoms in total. The predicted molar refractivity (Wildman–Crippen MR) is 271 cm³/mol. The normalized spacial score (nSPS) is 19.8. The van der Waals surface area contributed by atoms with Crippen LogP contribution in [0.25, 0.3) is 0 Å². The standard InChI is InChI=1S/C22H29N3.C11H16N2O.C5H10.C3H6S.C2H7N.3C2H6.C2H4/c1-15(2)23-12-18(5)24-13-20-9-7-8-16(3)21(11-20)14-25-22-10-17(4)19(22)6;12-7-9(14)11-4-1-10(8-13,2-5-11)3-6-11;1-4-5(2)3;1-3(2)4;1-3-2;4*1-2/h7-8,10-12,19,24-25H,1,4-5,9,13-14H2,2-3,6H3;1-6,8,13H2;4H,1-3H3;4H,1H2,2H3;3H,1-2H3;3*1-2H3;1-2H2. The molecule has 1 atom stereocenters. The molecule has 3 saturated carbocycles. The Morgan fingerprint density at radius 1 is 0.966 bits per heavy atom. The van der Waals surface area contributed by atoms with Crippen LogP contribution in [-0.2, 0) is 4.79 Å². The molecule has 0 aromatic rings. The second-order valence-corrected chi connectivity index (χ2v) is 15.0. The van der Waals surface area contributed by atoms with Crippen molar-refractivity contribution in [3.63, 3.8) is 0 Å². The van der Waals surface area contributed by atoms with Crippen molar-refractivity contribution in [2.75, 3.05) is 33.7 Å². The van der Waals surface area contributed by atoms with Crippen LogP contribution in [0, 0.1) is 28.1 Å². The number of nitrogens with one attached hydrogen (secondary N) is 3. The largest absolute Gasteiger partial charge is 0.384 e. The highest BCUT2D eigenvalue weighted by atomic mass is 32.1. The van der Waals surface area contributed by atoms with E-state index in [1.165, 1.54) is 33.6 Å². The Bertz CT molecular complexity index is 1430.